The van der Waals surface area contributed by atoms with E-state index in [9.17, 15) is 4.79 Å². The summed E-state index contributed by atoms with van der Waals surface area (Å²) in [5, 5.41) is 3.00. The normalized spacial score (nSPS) is 11.0. The van der Waals surface area contributed by atoms with Gasteiger partial charge in [-0.05, 0) is 56.2 Å². The van der Waals surface area contributed by atoms with E-state index in [2.05, 4.69) is 15.3 Å². The molecule has 4 aromatic rings. The molecule has 0 atom stereocenters. The number of rotatable bonds is 4. The molecule has 140 valence electrons. The average Bonchev–Trinajstić information content (AvgIpc) is 3.03. The Kier molecular flexibility index (Phi) is 4.65. The molecule has 28 heavy (non-hydrogen) atoms. The smallest absolute Gasteiger partial charge is 0.251 e. The average molecular weight is 370 g/mol. The number of aromatic nitrogens is 3. The zero-order valence-electron chi connectivity index (χ0n) is 16.2. The highest BCUT2D eigenvalue weighted by Gasteiger charge is 2.14. The van der Waals surface area contributed by atoms with Crippen molar-refractivity contribution in [2.24, 2.45) is 0 Å². The second-order valence-corrected chi connectivity index (χ2v) is 7.01. The molecule has 0 radical (unpaired) electrons. The molecule has 0 aliphatic carbocycles. The van der Waals surface area contributed by atoms with E-state index in [4.69, 9.17) is 0 Å². The first kappa shape index (κ1) is 17.9. The Hall–Kier alpha value is -3.47. The Morgan fingerprint density at radius 3 is 2.61 bits per heavy atom. The van der Waals surface area contributed by atoms with Crippen LogP contribution in [0.2, 0.25) is 0 Å². The summed E-state index contributed by atoms with van der Waals surface area (Å²) in [6.07, 6.45) is 1.76. The summed E-state index contributed by atoms with van der Waals surface area (Å²) >= 11 is 0. The fraction of sp³-hybridized carbons (Fsp3) is 0.174. The number of imidazole rings is 1. The number of pyridine rings is 1. The lowest BCUT2D eigenvalue weighted by Gasteiger charge is -2.12. The summed E-state index contributed by atoms with van der Waals surface area (Å²) < 4.78 is 2.00. The lowest BCUT2D eigenvalue weighted by molar-refractivity contribution is 0.0951. The van der Waals surface area contributed by atoms with Crippen molar-refractivity contribution >= 4 is 17.1 Å². The monoisotopic (exact) mass is 370 g/mol. The first-order valence-corrected chi connectivity index (χ1v) is 9.28. The van der Waals surface area contributed by atoms with Crippen molar-refractivity contribution in [2.75, 3.05) is 0 Å². The molecule has 0 aliphatic heterocycles. The molecule has 0 bridgehead atoms. The van der Waals surface area contributed by atoms with E-state index in [1.165, 1.54) is 5.56 Å². The van der Waals surface area contributed by atoms with Crippen molar-refractivity contribution in [1.29, 1.82) is 0 Å². The minimum Gasteiger partial charge on any atom is -0.348 e. The second kappa shape index (κ2) is 7.27. The number of nitrogens with zero attached hydrogens (tertiary/aromatic N) is 3. The molecule has 2 heterocycles. The molecule has 0 spiro atoms. The van der Waals surface area contributed by atoms with E-state index in [-0.39, 0.29) is 5.91 Å². The molecule has 2 aromatic heterocycles. The minimum absolute atomic E-state index is 0.100. The van der Waals surface area contributed by atoms with Crippen LogP contribution < -0.4 is 5.32 Å². The predicted octanol–water partition coefficient (Wildman–Crippen LogP) is 4.28. The molecule has 0 saturated carbocycles. The Balaban J connectivity index is 1.64. The number of hydrogen-bond donors (Lipinski definition) is 1. The number of carbonyl (C=O) groups excluding carboxylic acids is 1. The van der Waals surface area contributed by atoms with Gasteiger partial charge < -0.3 is 5.32 Å². The molecule has 0 fully saturated rings. The highest BCUT2D eigenvalue weighted by molar-refractivity contribution is 5.95. The van der Waals surface area contributed by atoms with Crippen molar-refractivity contribution in [3.8, 4) is 5.69 Å². The van der Waals surface area contributed by atoms with Crippen LogP contribution in [0, 0.1) is 20.8 Å². The molecule has 1 amide bonds. The third-order valence-corrected chi connectivity index (χ3v) is 4.87. The van der Waals surface area contributed by atoms with Crippen molar-refractivity contribution in [1.82, 2.24) is 19.9 Å². The summed E-state index contributed by atoms with van der Waals surface area (Å²) in [5.41, 5.74) is 6.50. The highest BCUT2D eigenvalue weighted by Crippen LogP contribution is 2.23. The second-order valence-electron chi connectivity index (χ2n) is 7.01. The number of amides is 1. The molecule has 0 saturated heterocycles. The van der Waals surface area contributed by atoms with Crippen LogP contribution in [0.15, 0.2) is 60.8 Å². The number of nitrogens with one attached hydrogen (secondary N) is 1. The van der Waals surface area contributed by atoms with Crippen LogP contribution in [0.4, 0.5) is 0 Å². The zero-order valence-corrected chi connectivity index (χ0v) is 16.2. The Morgan fingerprint density at radius 2 is 1.82 bits per heavy atom. The minimum atomic E-state index is -0.100. The van der Waals surface area contributed by atoms with Gasteiger partial charge in [-0.3, -0.25) is 9.36 Å². The first-order chi connectivity index (χ1) is 13.5. The van der Waals surface area contributed by atoms with Crippen molar-refractivity contribution in [2.45, 2.75) is 27.3 Å². The van der Waals surface area contributed by atoms with E-state index >= 15 is 0 Å². The SMILES string of the molecule is Cc1ccc(CNC(=O)c2ccc(C)c(-n3c(C)nc4cccnc43)c2)cc1. The van der Waals surface area contributed by atoms with E-state index in [0.717, 1.165) is 33.8 Å². The van der Waals surface area contributed by atoms with Crippen LogP contribution >= 0.6 is 0 Å². The highest BCUT2D eigenvalue weighted by atomic mass is 16.1. The standard InChI is InChI=1S/C23H22N4O/c1-15-6-9-18(10-7-15)14-25-23(28)19-11-8-16(2)21(13-19)27-17(3)26-20-5-4-12-24-22(20)27/h4-13H,14H2,1-3H3,(H,25,28). The van der Waals surface area contributed by atoms with Gasteiger partial charge in [0.15, 0.2) is 5.65 Å². The molecule has 1 N–H and O–H groups in total. The molecule has 0 aliphatic rings. The van der Waals surface area contributed by atoms with Gasteiger partial charge in [0.2, 0.25) is 0 Å². The van der Waals surface area contributed by atoms with Gasteiger partial charge in [0.25, 0.3) is 5.91 Å². The molecule has 5 nitrogen and oxygen atoms in total. The van der Waals surface area contributed by atoms with Crippen LogP contribution in [0.1, 0.15) is 32.9 Å². The maximum Gasteiger partial charge on any atom is 0.251 e. The van der Waals surface area contributed by atoms with Crippen molar-refractivity contribution in [3.63, 3.8) is 0 Å². The topological polar surface area (TPSA) is 59.8 Å². The lowest BCUT2D eigenvalue weighted by atomic mass is 10.1. The van der Waals surface area contributed by atoms with Gasteiger partial charge in [0, 0.05) is 18.3 Å². The summed E-state index contributed by atoms with van der Waals surface area (Å²) in [6.45, 7) is 6.52. The first-order valence-electron chi connectivity index (χ1n) is 9.28. The third kappa shape index (κ3) is 3.39. The number of carbonyl (C=O) groups is 1. The van der Waals surface area contributed by atoms with Gasteiger partial charge in [0.05, 0.1) is 5.69 Å². The molecule has 4 rings (SSSR count). The van der Waals surface area contributed by atoms with Gasteiger partial charge in [-0.1, -0.05) is 35.9 Å². The number of fused-ring (bicyclic) bond motifs is 1. The van der Waals surface area contributed by atoms with Gasteiger partial charge in [0.1, 0.15) is 11.3 Å². The largest absolute Gasteiger partial charge is 0.348 e. The maximum atomic E-state index is 12.7. The molecule has 5 heteroatoms. The molecule has 0 unspecified atom stereocenters. The van der Waals surface area contributed by atoms with Gasteiger partial charge >= 0.3 is 0 Å². The fourth-order valence-corrected chi connectivity index (χ4v) is 3.30. The van der Waals surface area contributed by atoms with Crippen LogP contribution in [-0.2, 0) is 6.54 Å². The summed E-state index contributed by atoms with van der Waals surface area (Å²) in [6, 6.07) is 17.7. The number of hydrogen-bond acceptors (Lipinski definition) is 3. The quantitative estimate of drug-likeness (QED) is 0.583. The summed E-state index contributed by atoms with van der Waals surface area (Å²) in [7, 11) is 0. The molecular weight excluding hydrogens is 348 g/mol. The third-order valence-electron chi connectivity index (χ3n) is 4.87. The van der Waals surface area contributed by atoms with E-state index in [1.54, 1.807) is 6.20 Å². The fourth-order valence-electron chi connectivity index (χ4n) is 3.30. The Morgan fingerprint density at radius 1 is 1.04 bits per heavy atom. The Bertz CT molecular complexity index is 1160. The van der Waals surface area contributed by atoms with E-state index in [1.807, 2.05) is 79.9 Å². The molecular formula is C23H22N4O. The van der Waals surface area contributed by atoms with Crippen LogP contribution in [0.3, 0.4) is 0 Å². The van der Waals surface area contributed by atoms with Crippen molar-refractivity contribution < 1.29 is 4.79 Å². The van der Waals surface area contributed by atoms with Crippen LogP contribution in [0.25, 0.3) is 16.9 Å². The Labute approximate surface area is 164 Å². The van der Waals surface area contributed by atoms with Gasteiger partial charge in [-0.25, -0.2) is 9.97 Å². The number of benzene rings is 2. The number of aryl methyl sites for hydroxylation is 3. The maximum absolute atomic E-state index is 12.7. The zero-order chi connectivity index (χ0) is 19.7. The van der Waals surface area contributed by atoms with E-state index < -0.39 is 0 Å². The lowest BCUT2D eigenvalue weighted by Crippen LogP contribution is -2.23. The molecule has 2 aromatic carbocycles. The van der Waals surface area contributed by atoms with Crippen LogP contribution in [0.5, 0.6) is 0 Å². The van der Waals surface area contributed by atoms with Crippen molar-refractivity contribution in [3.05, 3.63) is 88.9 Å². The van der Waals surface area contributed by atoms with Crippen LogP contribution in [-0.4, -0.2) is 20.4 Å². The van der Waals surface area contributed by atoms with E-state index in [0.29, 0.717) is 12.1 Å². The van der Waals surface area contributed by atoms with Gasteiger partial charge in [-0.2, -0.15) is 0 Å². The summed E-state index contributed by atoms with van der Waals surface area (Å²) in [4.78, 5) is 21.8. The summed E-state index contributed by atoms with van der Waals surface area (Å²) in [5.74, 6) is 0.742. The van der Waals surface area contributed by atoms with Gasteiger partial charge in [-0.15, -0.1) is 0 Å². The predicted molar refractivity (Wildman–Crippen MR) is 111 cm³/mol.